The van der Waals surface area contributed by atoms with Gasteiger partial charge in [0.25, 0.3) is 0 Å². The van der Waals surface area contributed by atoms with Gasteiger partial charge in [0.2, 0.25) is 0 Å². The first-order chi connectivity index (χ1) is 27.0. The molecular formula is C49H86O6. The van der Waals surface area contributed by atoms with Crippen LogP contribution in [0.1, 0.15) is 226 Å². The molecule has 6 heteroatoms. The SMILES string of the molecule is CC/C=C\C/C=C\CCCCCCCCCC(=O)OCC(COC(=O)CCCCCCCCCCCCC)OC(=O)CCCCCCC/C=C\C/C=C\CC. The highest BCUT2D eigenvalue weighted by Gasteiger charge is 2.19. The van der Waals surface area contributed by atoms with E-state index in [2.05, 4.69) is 69.4 Å². The first-order valence-electron chi connectivity index (χ1n) is 23.1. The van der Waals surface area contributed by atoms with Crippen LogP contribution < -0.4 is 0 Å². The summed E-state index contributed by atoms with van der Waals surface area (Å²) in [6, 6.07) is 0. The van der Waals surface area contributed by atoms with Gasteiger partial charge in [0, 0.05) is 19.3 Å². The van der Waals surface area contributed by atoms with Crippen LogP contribution in [0.15, 0.2) is 48.6 Å². The summed E-state index contributed by atoms with van der Waals surface area (Å²) in [7, 11) is 0. The lowest BCUT2D eigenvalue weighted by Crippen LogP contribution is -2.30. The zero-order valence-corrected chi connectivity index (χ0v) is 36.2. The van der Waals surface area contributed by atoms with E-state index in [9.17, 15) is 14.4 Å². The molecule has 318 valence electrons. The number of allylic oxidation sites excluding steroid dienone is 8. The molecular weight excluding hydrogens is 685 g/mol. The van der Waals surface area contributed by atoms with Crippen LogP contribution in [-0.4, -0.2) is 37.2 Å². The molecule has 0 rings (SSSR count). The molecule has 0 aliphatic heterocycles. The van der Waals surface area contributed by atoms with Gasteiger partial charge in [0.1, 0.15) is 13.2 Å². The second kappa shape index (κ2) is 44.1. The fourth-order valence-electron chi connectivity index (χ4n) is 6.40. The fourth-order valence-corrected chi connectivity index (χ4v) is 6.40. The molecule has 0 saturated heterocycles. The van der Waals surface area contributed by atoms with Crippen molar-refractivity contribution in [3.05, 3.63) is 48.6 Å². The fraction of sp³-hybridized carbons (Fsp3) is 0.776. The molecule has 1 unspecified atom stereocenters. The van der Waals surface area contributed by atoms with Gasteiger partial charge < -0.3 is 14.2 Å². The zero-order valence-electron chi connectivity index (χ0n) is 36.2. The van der Waals surface area contributed by atoms with E-state index >= 15 is 0 Å². The molecule has 0 fully saturated rings. The Hall–Kier alpha value is -2.63. The summed E-state index contributed by atoms with van der Waals surface area (Å²) < 4.78 is 16.7. The van der Waals surface area contributed by atoms with Gasteiger partial charge in [-0.3, -0.25) is 14.4 Å². The highest BCUT2D eigenvalue weighted by Crippen LogP contribution is 2.14. The van der Waals surface area contributed by atoms with Crippen LogP contribution in [0.2, 0.25) is 0 Å². The van der Waals surface area contributed by atoms with E-state index in [0.717, 1.165) is 109 Å². The Morgan fingerprint density at radius 2 is 0.709 bits per heavy atom. The topological polar surface area (TPSA) is 78.9 Å². The number of hydrogen-bond donors (Lipinski definition) is 0. The Labute approximate surface area is 339 Å². The Bertz CT molecular complexity index is 980. The molecule has 0 aliphatic rings. The summed E-state index contributed by atoms with van der Waals surface area (Å²) in [6.07, 6.45) is 50.9. The molecule has 0 amide bonds. The molecule has 0 radical (unpaired) electrons. The maximum atomic E-state index is 12.7. The highest BCUT2D eigenvalue weighted by atomic mass is 16.6. The molecule has 0 aromatic rings. The lowest BCUT2D eigenvalue weighted by molar-refractivity contribution is -0.167. The average molecular weight is 771 g/mol. The van der Waals surface area contributed by atoms with Crippen LogP contribution in [0.25, 0.3) is 0 Å². The van der Waals surface area contributed by atoms with Gasteiger partial charge in [-0.05, 0) is 70.6 Å². The third-order valence-corrected chi connectivity index (χ3v) is 9.83. The monoisotopic (exact) mass is 771 g/mol. The lowest BCUT2D eigenvalue weighted by Gasteiger charge is -2.18. The van der Waals surface area contributed by atoms with Crippen LogP contribution in [0, 0.1) is 0 Å². The number of unbranched alkanes of at least 4 members (excludes halogenated alkanes) is 22. The van der Waals surface area contributed by atoms with E-state index in [1.54, 1.807) is 0 Å². The number of hydrogen-bond acceptors (Lipinski definition) is 6. The minimum absolute atomic E-state index is 0.0800. The number of esters is 3. The highest BCUT2D eigenvalue weighted by molar-refractivity contribution is 5.71. The molecule has 0 aromatic heterocycles. The van der Waals surface area contributed by atoms with Crippen molar-refractivity contribution in [2.75, 3.05) is 13.2 Å². The predicted octanol–water partition coefficient (Wildman–Crippen LogP) is 14.8. The van der Waals surface area contributed by atoms with E-state index < -0.39 is 6.10 Å². The minimum Gasteiger partial charge on any atom is -0.462 e. The van der Waals surface area contributed by atoms with E-state index in [1.807, 2.05) is 0 Å². The van der Waals surface area contributed by atoms with Gasteiger partial charge >= 0.3 is 17.9 Å². The van der Waals surface area contributed by atoms with Crippen molar-refractivity contribution in [3.63, 3.8) is 0 Å². The van der Waals surface area contributed by atoms with Gasteiger partial charge in [0.05, 0.1) is 0 Å². The number of rotatable bonds is 41. The van der Waals surface area contributed by atoms with E-state index in [1.165, 1.54) is 77.0 Å². The molecule has 0 aliphatic carbocycles. The van der Waals surface area contributed by atoms with Crippen molar-refractivity contribution in [2.45, 2.75) is 232 Å². The standard InChI is InChI=1S/C49H86O6/c1-4-7-10-13-16-19-22-24-25-28-30-33-36-39-42-48(51)54-45-46(44-53-47(50)41-38-35-32-29-26-21-18-15-12-9-6-3)55-49(52)43-40-37-34-31-27-23-20-17-14-11-8-5-2/h7-8,10-11,16-17,19-20,46H,4-6,9,12-15,18,21-45H2,1-3H3/b10-7-,11-8-,19-16-,20-17-. The van der Waals surface area contributed by atoms with Crippen LogP contribution in [0.4, 0.5) is 0 Å². The predicted molar refractivity (Wildman–Crippen MR) is 233 cm³/mol. The number of carbonyl (C=O) groups is 3. The van der Waals surface area contributed by atoms with Crippen molar-refractivity contribution in [3.8, 4) is 0 Å². The molecule has 0 heterocycles. The number of ether oxygens (including phenoxy) is 3. The van der Waals surface area contributed by atoms with Gasteiger partial charge in [-0.25, -0.2) is 0 Å². The van der Waals surface area contributed by atoms with Crippen molar-refractivity contribution in [1.29, 1.82) is 0 Å². The first kappa shape index (κ1) is 52.4. The van der Waals surface area contributed by atoms with Crippen LogP contribution >= 0.6 is 0 Å². The Kier molecular flexibility index (Phi) is 42.0. The Morgan fingerprint density at radius 3 is 1.09 bits per heavy atom. The van der Waals surface area contributed by atoms with Crippen molar-refractivity contribution < 1.29 is 28.6 Å². The van der Waals surface area contributed by atoms with Gasteiger partial charge in [-0.15, -0.1) is 0 Å². The van der Waals surface area contributed by atoms with Crippen molar-refractivity contribution >= 4 is 17.9 Å². The Balaban J connectivity index is 4.39. The third-order valence-electron chi connectivity index (χ3n) is 9.83. The second-order valence-electron chi connectivity index (χ2n) is 15.3. The molecule has 0 spiro atoms. The van der Waals surface area contributed by atoms with Crippen LogP contribution in [0.3, 0.4) is 0 Å². The summed E-state index contributed by atoms with van der Waals surface area (Å²) in [5.74, 6) is -0.904. The molecule has 1 atom stereocenters. The first-order valence-corrected chi connectivity index (χ1v) is 23.1. The van der Waals surface area contributed by atoms with Crippen LogP contribution in [-0.2, 0) is 28.6 Å². The molecule has 6 nitrogen and oxygen atoms in total. The molecule has 0 saturated carbocycles. The Morgan fingerprint density at radius 1 is 0.382 bits per heavy atom. The lowest BCUT2D eigenvalue weighted by atomic mass is 10.1. The van der Waals surface area contributed by atoms with Crippen molar-refractivity contribution in [1.82, 2.24) is 0 Å². The summed E-state index contributed by atoms with van der Waals surface area (Å²) in [4.78, 5) is 37.7. The maximum Gasteiger partial charge on any atom is 0.306 e. The minimum atomic E-state index is -0.778. The molecule has 0 bridgehead atoms. The quantitative estimate of drug-likeness (QED) is 0.0267. The van der Waals surface area contributed by atoms with E-state index in [0.29, 0.717) is 19.3 Å². The van der Waals surface area contributed by atoms with Crippen LogP contribution in [0.5, 0.6) is 0 Å². The summed E-state index contributed by atoms with van der Waals surface area (Å²) in [5.41, 5.74) is 0. The summed E-state index contributed by atoms with van der Waals surface area (Å²) in [6.45, 7) is 6.39. The third kappa shape index (κ3) is 42.4. The average Bonchev–Trinajstić information content (AvgIpc) is 3.18. The van der Waals surface area contributed by atoms with Gasteiger partial charge in [-0.1, -0.05) is 185 Å². The summed E-state index contributed by atoms with van der Waals surface area (Å²) >= 11 is 0. The molecule has 0 N–H and O–H groups in total. The van der Waals surface area contributed by atoms with Gasteiger partial charge in [-0.2, -0.15) is 0 Å². The van der Waals surface area contributed by atoms with Crippen molar-refractivity contribution in [2.24, 2.45) is 0 Å². The normalized spacial score (nSPS) is 12.4. The number of carbonyl (C=O) groups excluding carboxylic acids is 3. The summed E-state index contributed by atoms with van der Waals surface area (Å²) in [5, 5.41) is 0. The molecule has 0 aromatic carbocycles. The largest absolute Gasteiger partial charge is 0.462 e. The molecule has 55 heavy (non-hydrogen) atoms. The maximum absolute atomic E-state index is 12.7. The van der Waals surface area contributed by atoms with E-state index in [4.69, 9.17) is 14.2 Å². The van der Waals surface area contributed by atoms with E-state index in [-0.39, 0.29) is 31.1 Å². The van der Waals surface area contributed by atoms with Gasteiger partial charge in [0.15, 0.2) is 6.10 Å². The second-order valence-corrected chi connectivity index (χ2v) is 15.3. The zero-order chi connectivity index (χ0) is 40.1. The smallest absolute Gasteiger partial charge is 0.306 e.